The lowest BCUT2D eigenvalue weighted by Gasteiger charge is -2.16. The number of nitrogens with zero attached hydrogens (tertiary/aromatic N) is 1. The van der Waals surface area contributed by atoms with Crippen LogP contribution in [0.4, 0.5) is 0 Å². The minimum atomic E-state index is -0.232. The number of pyridine rings is 1. The molecular formula is C23H29N3O3. The van der Waals surface area contributed by atoms with Gasteiger partial charge in [-0.1, -0.05) is 37.8 Å². The summed E-state index contributed by atoms with van der Waals surface area (Å²) in [6, 6.07) is 9.58. The summed E-state index contributed by atoms with van der Waals surface area (Å²) in [4.78, 5) is 29.1. The van der Waals surface area contributed by atoms with Crippen molar-refractivity contribution in [3.05, 3.63) is 59.4 Å². The van der Waals surface area contributed by atoms with Crippen LogP contribution >= 0.6 is 0 Å². The van der Waals surface area contributed by atoms with Gasteiger partial charge in [0, 0.05) is 25.0 Å². The van der Waals surface area contributed by atoms with Gasteiger partial charge in [0.25, 0.3) is 11.8 Å². The zero-order chi connectivity index (χ0) is 20.5. The molecule has 3 rings (SSSR count). The highest BCUT2D eigenvalue weighted by atomic mass is 16.5. The maximum atomic E-state index is 12.6. The van der Waals surface area contributed by atoms with E-state index >= 15 is 0 Å². The molecule has 29 heavy (non-hydrogen) atoms. The van der Waals surface area contributed by atoms with E-state index in [1.165, 1.54) is 25.2 Å². The second-order valence-electron chi connectivity index (χ2n) is 7.48. The Morgan fingerprint density at radius 3 is 2.48 bits per heavy atom. The largest absolute Gasteiger partial charge is 0.497 e. The van der Waals surface area contributed by atoms with Crippen LogP contribution < -0.4 is 15.4 Å². The molecule has 1 saturated carbocycles. The molecule has 154 valence electrons. The maximum Gasteiger partial charge on any atom is 0.253 e. The van der Waals surface area contributed by atoms with Crippen molar-refractivity contribution in [1.29, 1.82) is 0 Å². The van der Waals surface area contributed by atoms with Crippen molar-refractivity contribution >= 4 is 11.8 Å². The molecule has 0 saturated heterocycles. The molecule has 1 aliphatic carbocycles. The maximum absolute atomic E-state index is 12.6. The first kappa shape index (κ1) is 20.8. The first-order valence-electron chi connectivity index (χ1n) is 10.3. The summed E-state index contributed by atoms with van der Waals surface area (Å²) in [7, 11) is 1.63. The van der Waals surface area contributed by atoms with Gasteiger partial charge in [0.1, 0.15) is 5.75 Å². The van der Waals surface area contributed by atoms with E-state index in [1.807, 2.05) is 24.3 Å². The van der Waals surface area contributed by atoms with Crippen LogP contribution in [0.5, 0.6) is 5.75 Å². The Labute approximate surface area is 172 Å². The molecule has 1 aromatic heterocycles. The lowest BCUT2D eigenvalue weighted by atomic mass is 10.1. The average Bonchev–Trinajstić information content (AvgIpc) is 3.02. The van der Waals surface area contributed by atoms with Gasteiger partial charge >= 0.3 is 0 Å². The Kier molecular flexibility index (Phi) is 7.61. The van der Waals surface area contributed by atoms with Crippen molar-refractivity contribution in [2.75, 3.05) is 13.7 Å². The van der Waals surface area contributed by atoms with Crippen LogP contribution in [0.1, 0.15) is 64.8 Å². The van der Waals surface area contributed by atoms with Crippen molar-refractivity contribution < 1.29 is 14.3 Å². The van der Waals surface area contributed by atoms with Gasteiger partial charge in [-0.2, -0.15) is 0 Å². The molecule has 0 aliphatic heterocycles. The molecular weight excluding hydrogens is 366 g/mol. The van der Waals surface area contributed by atoms with Crippen molar-refractivity contribution in [3.8, 4) is 5.75 Å². The number of benzene rings is 1. The molecule has 6 heteroatoms. The van der Waals surface area contributed by atoms with Crippen LogP contribution in [0.15, 0.2) is 42.7 Å². The van der Waals surface area contributed by atoms with Gasteiger partial charge in [0.05, 0.1) is 18.2 Å². The SMILES string of the molecule is COc1cccc(CCNC(=O)c2cncc(C(=O)NC3CCCCCC3)c2)c1. The van der Waals surface area contributed by atoms with E-state index in [0.29, 0.717) is 24.1 Å². The second kappa shape index (κ2) is 10.6. The molecule has 2 aromatic rings. The predicted molar refractivity (Wildman–Crippen MR) is 112 cm³/mol. The Morgan fingerprint density at radius 1 is 1.03 bits per heavy atom. The molecule has 1 fully saturated rings. The number of carbonyl (C=O) groups is 2. The average molecular weight is 396 g/mol. The van der Waals surface area contributed by atoms with Gasteiger partial charge in [-0.15, -0.1) is 0 Å². The van der Waals surface area contributed by atoms with E-state index in [4.69, 9.17) is 4.74 Å². The molecule has 6 nitrogen and oxygen atoms in total. The van der Waals surface area contributed by atoms with Crippen LogP contribution in [-0.2, 0) is 6.42 Å². The molecule has 1 heterocycles. The number of rotatable bonds is 7. The van der Waals surface area contributed by atoms with E-state index in [2.05, 4.69) is 15.6 Å². The number of aromatic nitrogens is 1. The standard InChI is InChI=1S/C23H29N3O3/c1-29-21-10-6-7-17(13-21)11-12-25-22(27)18-14-19(16-24-15-18)23(28)26-20-8-4-2-3-5-9-20/h6-7,10,13-16,20H,2-5,8-9,11-12H2,1H3,(H,25,27)(H,26,28). The molecule has 2 N–H and O–H groups in total. The first-order chi connectivity index (χ1) is 14.2. The third-order valence-corrected chi connectivity index (χ3v) is 5.29. The second-order valence-corrected chi connectivity index (χ2v) is 7.48. The van der Waals surface area contributed by atoms with Crippen LogP contribution in [-0.4, -0.2) is 36.5 Å². The Bertz CT molecular complexity index is 830. The van der Waals surface area contributed by atoms with E-state index < -0.39 is 0 Å². The third kappa shape index (κ3) is 6.31. The molecule has 2 amide bonds. The van der Waals surface area contributed by atoms with Gasteiger partial charge in [0.15, 0.2) is 0 Å². The normalized spacial score (nSPS) is 14.7. The highest BCUT2D eigenvalue weighted by Crippen LogP contribution is 2.18. The lowest BCUT2D eigenvalue weighted by molar-refractivity contribution is 0.0933. The van der Waals surface area contributed by atoms with Crippen LogP contribution in [0.2, 0.25) is 0 Å². The fraction of sp³-hybridized carbons (Fsp3) is 0.435. The fourth-order valence-corrected chi connectivity index (χ4v) is 3.63. The number of nitrogens with one attached hydrogen (secondary N) is 2. The van der Waals surface area contributed by atoms with Crippen molar-refractivity contribution in [2.45, 2.75) is 51.0 Å². The molecule has 1 aliphatic rings. The summed E-state index contributed by atoms with van der Waals surface area (Å²) in [5, 5.41) is 5.98. The van der Waals surface area contributed by atoms with Gasteiger partial charge in [-0.25, -0.2) is 0 Å². The monoisotopic (exact) mass is 395 g/mol. The summed E-state index contributed by atoms with van der Waals surface area (Å²) < 4.78 is 5.21. The first-order valence-corrected chi connectivity index (χ1v) is 10.3. The number of methoxy groups -OCH3 is 1. The van der Waals surface area contributed by atoms with E-state index in [9.17, 15) is 9.59 Å². The zero-order valence-corrected chi connectivity index (χ0v) is 16.9. The lowest BCUT2D eigenvalue weighted by Crippen LogP contribution is -2.34. The third-order valence-electron chi connectivity index (χ3n) is 5.29. The van der Waals surface area contributed by atoms with Crippen molar-refractivity contribution in [1.82, 2.24) is 15.6 Å². The summed E-state index contributed by atoms with van der Waals surface area (Å²) in [5.41, 5.74) is 1.90. The van der Waals surface area contributed by atoms with Crippen LogP contribution in [0, 0.1) is 0 Å². The summed E-state index contributed by atoms with van der Waals surface area (Å²) in [6.45, 7) is 0.491. The van der Waals surface area contributed by atoms with Gasteiger partial charge in [-0.3, -0.25) is 14.6 Å². The van der Waals surface area contributed by atoms with E-state index in [1.54, 1.807) is 13.2 Å². The molecule has 0 unspecified atom stereocenters. The number of ether oxygens (including phenoxy) is 1. The van der Waals surface area contributed by atoms with Gasteiger partial charge in [0.2, 0.25) is 0 Å². The molecule has 0 radical (unpaired) electrons. The fourth-order valence-electron chi connectivity index (χ4n) is 3.63. The minimum Gasteiger partial charge on any atom is -0.497 e. The van der Waals surface area contributed by atoms with E-state index in [-0.39, 0.29) is 17.9 Å². The summed E-state index contributed by atoms with van der Waals surface area (Å²) >= 11 is 0. The van der Waals surface area contributed by atoms with Crippen LogP contribution in [0.3, 0.4) is 0 Å². The van der Waals surface area contributed by atoms with Crippen LogP contribution in [0.25, 0.3) is 0 Å². The minimum absolute atomic E-state index is 0.157. The highest BCUT2D eigenvalue weighted by molar-refractivity contribution is 5.99. The summed E-state index contributed by atoms with van der Waals surface area (Å²) in [6.07, 6.45) is 10.5. The molecule has 0 bridgehead atoms. The predicted octanol–water partition coefficient (Wildman–Crippen LogP) is 3.52. The van der Waals surface area contributed by atoms with Crippen molar-refractivity contribution in [3.63, 3.8) is 0 Å². The van der Waals surface area contributed by atoms with Crippen molar-refractivity contribution in [2.24, 2.45) is 0 Å². The Hall–Kier alpha value is -2.89. The Balaban J connectivity index is 1.53. The van der Waals surface area contributed by atoms with Gasteiger partial charge in [-0.05, 0) is 43.0 Å². The summed E-state index contributed by atoms with van der Waals surface area (Å²) in [5.74, 6) is 0.408. The quantitative estimate of drug-likeness (QED) is 0.703. The smallest absolute Gasteiger partial charge is 0.253 e. The number of amides is 2. The molecule has 1 aromatic carbocycles. The number of hydrogen-bond acceptors (Lipinski definition) is 4. The topological polar surface area (TPSA) is 80.3 Å². The number of hydrogen-bond donors (Lipinski definition) is 2. The Morgan fingerprint density at radius 2 is 1.76 bits per heavy atom. The zero-order valence-electron chi connectivity index (χ0n) is 16.9. The van der Waals surface area contributed by atoms with E-state index in [0.717, 1.165) is 37.0 Å². The molecule has 0 spiro atoms. The highest BCUT2D eigenvalue weighted by Gasteiger charge is 2.17. The number of carbonyl (C=O) groups excluding carboxylic acids is 2. The molecule has 0 atom stereocenters. The van der Waals surface area contributed by atoms with Gasteiger partial charge < -0.3 is 15.4 Å².